The molecule has 6 nitrogen and oxygen atoms in total. The maximum atomic E-state index is 10.9. The van der Waals surface area contributed by atoms with Crippen molar-refractivity contribution in [1.29, 1.82) is 0 Å². The molecule has 0 bridgehead atoms. The summed E-state index contributed by atoms with van der Waals surface area (Å²) in [6.07, 6.45) is 3.20. The molecule has 120 valence electrons. The summed E-state index contributed by atoms with van der Waals surface area (Å²) in [6, 6.07) is 0. The first-order chi connectivity index (χ1) is 9.72. The van der Waals surface area contributed by atoms with Crippen molar-refractivity contribution in [1.82, 2.24) is 0 Å². The Morgan fingerprint density at radius 2 is 1.55 bits per heavy atom. The fourth-order valence-electron chi connectivity index (χ4n) is 1.61. The van der Waals surface area contributed by atoms with Crippen molar-refractivity contribution in [2.75, 3.05) is 46.2 Å². The number of ether oxygens (including phenoxy) is 3. The average Bonchev–Trinajstić information content (AvgIpc) is 2.43. The number of rotatable bonds is 15. The minimum Gasteiger partial charge on any atom is -0.481 e. The lowest BCUT2D eigenvalue weighted by atomic mass is 10.0. The minimum absolute atomic E-state index is 0.387. The van der Waals surface area contributed by atoms with E-state index in [1.54, 1.807) is 0 Å². The van der Waals surface area contributed by atoms with E-state index in [9.17, 15) is 4.79 Å². The molecule has 0 aromatic rings. The first-order valence-electron chi connectivity index (χ1n) is 7.38. The number of carbonyl (C=O) groups is 1. The van der Waals surface area contributed by atoms with Crippen LogP contribution in [0.1, 0.15) is 32.6 Å². The molecule has 0 amide bonds. The van der Waals surface area contributed by atoms with Crippen LogP contribution in [0.5, 0.6) is 0 Å². The van der Waals surface area contributed by atoms with E-state index < -0.39 is 11.9 Å². The molecule has 0 radical (unpaired) electrons. The van der Waals surface area contributed by atoms with Gasteiger partial charge in [-0.3, -0.25) is 4.79 Å². The summed E-state index contributed by atoms with van der Waals surface area (Å²) in [5.41, 5.74) is 5.36. The molecular weight excluding hydrogens is 262 g/mol. The molecule has 0 aromatic carbocycles. The van der Waals surface area contributed by atoms with Crippen molar-refractivity contribution in [2.45, 2.75) is 32.6 Å². The molecule has 0 aliphatic heterocycles. The fourth-order valence-corrected chi connectivity index (χ4v) is 1.61. The summed E-state index contributed by atoms with van der Waals surface area (Å²) >= 11 is 0. The van der Waals surface area contributed by atoms with Crippen LogP contribution in [0.25, 0.3) is 0 Å². The first kappa shape index (κ1) is 19.3. The maximum absolute atomic E-state index is 10.9. The molecule has 20 heavy (non-hydrogen) atoms. The van der Waals surface area contributed by atoms with Crippen LogP contribution in [-0.2, 0) is 19.0 Å². The van der Waals surface area contributed by atoms with Gasteiger partial charge in [0.15, 0.2) is 0 Å². The zero-order valence-corrected chi connectivity index (χ0v) is 12.5. The van der Waals surface area contributed by atoms with Crippen LogP contribution in [0.2, 0.25) is 0 Å². The van der Waals surface area contributed by atoms with Crippen LogP contribution in [0, 0.1) is 5.92 Å². The Balaban J connectivity index is 3.25. The number of nitrogens with two attached hydrogens (primary N) is 1. The molecule has 0 rings (SSSR count). The van der Waals surface area contributed by atoms with Crippen molar-refractivity contribution >= 4 is 5.97 Å². The van der Waals surface area contributed by atoms with Gasteiger partial charge in [0.2, 0.25) is 0 Å². The smallest absolute Gasteiger partial charge is 0.306 e. The Morgan fingerprint density at radius 3 is 2.05 bits per heavy atom. The predicted molar refractivity (Wildman–Crippen MR) is 76.8 cm³/mol. The van der Waals surface area contributed by atoms with E-state index in [0.29, 0.717) is 52.4 Å². The van der Waals surface area contributed by atoms with Gasteiger partial charge in [0.25, 0.3) is 0 Å². The lowest BCUT2D eigenvalue weighted by Crippen LogP contribution is -2.20. The summed E-state index contributed by atoms with van der Waals surface area (Å²) in [5.74, 6) is -1.22. The molecular formula is C14H29NO5. The van der Waals surface area contributed by atoms with Gasteiger partial charge in [-0.15, -0.1) is 0 Å². The molecule has 1 unspecified atom stereocenters. The first-order valence-corrected chi connectivity index (χ1v) is 7.38. The largest absolute Gasteiger partial charge is 0.481 e. The second-order valence-corrected chi connectivity index (χ2v) is 4.59. The second kappa shape index (κ2) is 14.7. The Morgan fingerprint density at radius 1 is 1.00 bits per heavy atom. The molecule has 0 aromatic heterocycles. The molecule has 0 aliphatic carbocycles. The predicted octanol–water partition coefficient (Wildman–Crippen LogP) is 1.28. The van der Waals surface area contributed by atoms with Gasteiger partial charge in [0, 0.05) is 13.2 Å². The quantitative estimate of drug-likeness (QED) is 0.442. The molecule has 6 heteroatoms. The second-order valence-electron chi connectivity index (χ2n) is 4.59. The van der Waals surface area contributed by atoms with E-state index in [2.05, 4.69) is 6.92 Å². The normalized spacial score (nSPS) is 12.5. The Kier molecular flexibility index (Phi) is 14.2. The third-order valence-electron chi connectivity index (χ3n) is 2.86. The van der Waals surface area contributed by atoms with Gasteiger partial charge in [-0.1, -0.05) is 13.3 Å². The molecule has 0 aliphatic rings. The molecule has 0 spiro atoms. The van der Waals surface area contributed by atoms with Crippen LogP contribution in [0.15, 0.2) is 0 Å². The number of unbranched alkanes of at least 4 members (excludes halogenated alkanes) is 1. The highest BCUT2D eigenvalue weighted by atomic mass is 16.5. The zero-order valence-electron chi connectivity index (χ0n) is 12.5. The summed E-state index contributed by atoms with van der Waals surface area (Å²) < 4.78 is 16.0. The van der Waals surface area contributed by atoms with Gasteiger partial charge < -0.3 is 25.1 Å². The van der Waals surface area contributed by atoms with Gasteiger partial charge in [-0.25, -0.2) is 0 Å². The molecule has 0 saturated carbocycles. The SMILES string of the molecule is CCCCOCCOCCOCCC(CCN)C(=O)O. The van der Waals surface area contributed by atoms with Gasteiger partial charge in [-0.05, 0) is 25.8 Å². The van der Waals surface area contributed by atoms with E-state index in [-0.39, 0.29) is 0 Å². The lowest BCUT2D eigenvalue weighted by molar-refractivity contribution is -0.142. The van der Waals surface area contributed by atoms with Crippen molar-refractivity contribution in [3.63, 3.8) is 0 Å². The van der Waals surface area contributed by atoms with E-state index >= 15 is 0 Å². The molecule has 3 N–H and O–H groups in total. The van der Waals surface area contributed by atoms with E-state index in [1.165, 1.54) is 0 Å². The van der Waals surface area contributed by atoms with Crippen molar-refractivity contribution < 1.29 is 24.1 Å². The van der Waals surface area contributed by atoms with Crippen LogP contribution in [-0.4, -0.2) is 57.3 Å². The lowest BCUT2D eigenvalue weighted by Gasteiger charge is -2.11. The van der Waals surface area contributed by atoms with Crippen molar-refractivity contribution in [3.8, 4) is 0 Å². The highest BCUT2D eigenvalue weighted by molar-refractivity contribution is 5.69. The van der Waals surface area contributed by atoms with Crippen LogP contribution in [0.4, 0.5) is 0 Å². The number of carboxylic acid groups (broad SMARTS) is 1. The van der Waals surface area contributed by atoms with Crippen LogP contribution >= 0.6 is 0 Å². The van der Waals surface area contributed by atoms with Gasteiger partial charge >= 0.3 is 5.97 Å². The zero-order chi connectivity index (χ0) is 15.1. The number of carboxylic acids is 1. The standard InChI is InChI=1S/C14H29NO5/c1-2-3-7-18-9-11-20-12-10-19-8-5-13(4-6-15)14(16)17/h13H,2-12,15H2,1H3,(H,16,17). The molecule has 0 fully saturated rings. The highest BCUT2D eigenvalue weighted by Crippen LogP contribution is 2.07. The average molecular weight is 291 g/mol. The fraction of sp³-hybridized carbons (Fsp3) is 0.929. The summed E-state index contributed by atoms with van der Waals surface area (Å²) in [5, 5.41) is 8.92. The summed E-state index contributed by atoms with van der Waals surface area (Å²) in [6.45, 7) is 5.88. The molecule has 0 saturated heterocycles. The van der Waals surface area contributed by atoms with E-state index in [1.807, 2.05) is 0 Å². The topological polar surface area (TPSA) is 91.0 Å². The molecule has 1 atom stereocenters. The number of aliphatic carboxylic acids is 1. The minimum atomic E-state index is -0.806. The van der Waals surface area contributed by atoms with Gasteiger partial charge in [-0.2, -0.15) is 0 Å². The van der Waals surface area contributed by atoms with Crippen molar-refractivity contribution in [3.05, 3.63) is 0 Å². The monoisotopic (exact) mass is 291 g/mol. The van der Waals surface area contributed by atoms with Crippen LogP contribution < -0.4 is 5.73 Å². The highest BCUT2D eigenvalue weighted by Gasteiger charge is 2.15. The Labute approximate surface area is 121 Å². The third-order valence-corrected chi connectivity index (χ3v) is 2.86. The maximum Gasteiger partial charge on any atom is 0.306 e. The van der Waals surface area contributed by atoms with Gasteiger partial charge in [0.1, 0.15) is 0 Å². The van der Waals surface area contributed by atoms with Gasteiger partial charge in [0.05, 0.1) is 32.3 Å². The number of hydrogen-bond donors (Lipinski definition) is 2. The van der Waals surface area contributed by atoms with E-state index in [0.717, 1.165) is 19.4 Å². The van der Waals surface area contributed by atoms with Crippen molar-refractivity contribution in [2.24, 2.45) is 11.7 Å². The van der Waals surface area contributed by atoms with E-state index in [4.69, 9.17) is 25.1 Å². The third kappa shape index (κ3) is 12.3. The Bertz CT molecular complexity index is 226. The molecule has 0 heterocycles. The number of hydrogen-bond acceptors (Lipinski definition) is 5. The van der Waals surface area contributed by atoms with Crippen LogP contribution in [0.3, 0.4) is 0 Å². The Hall–Kier alpha value is -0.690. The summed E-state index contributed by atoms with van der Waals surface area (Å²) in [4.78, 5) is 10.9. The summed E-state index contributed by atoms with van der Waals surface area (Å²) in [7, 11) is 0.